The van der Waals surface area contributed by atoms with E-state index in [1.807, 2.05) is 6.92 Å². The molecule has 1 saturated heterocycles. The largest absolute Gasteiger partial charge is 0.466 e. The highest BCUT2D eigenvalue weighted by Crippen LogP contribution is 2.07. The SMILES string of the molecule is CCOC(=O)CCCCCNCCN1CCCCC1. The molecule has 0 saturated carbocycles. The van der Waals surface area contributed by atoms with Gasteiger partial charge in [-0.2, -0.15) is 0 Å². The first-order valence-corrected chi connectivity index (χ1v) is 7.91. The van der Waals surface area contributed by atoms with Gasteiger partial charge in [0.05, 0.1) is 6.61 Å². The lowest BCUT2D eigenvalue weighted by molar-refractivity contribution is -0.143. The standard InChI is InChI=1S/C15H30N2O2/c1-2-19-15(18)9-5-3-6-10-16-11-14-17-12-7-4-8-13-17/h16H,2-14H2,1H3. The number of carbonyl (C=O) groups excluding carboxylic acids is 1. The van der Waals surface area contributed by atoms with Gasteiger partial charge in [-0.05, 0) is 52.2 Å². The van der Waals surface area contributed by atoms with Crippen molar-refractivity contribution in [3.05, 3.63) is 0 Å². The predicted octanol–water partition coefficient (Wildman–Crippen LogP) is 2.19. The van der Waals surface area contributed by atoms with E-state index in [0.717, 1.165) is 32.4 Å². The van der Waals surface area contributed by atoms with E-state index in [-0.39, 0.29) is 5.97 Å². The molecule has 0 amide bonds. The molecule has 1 N–H and O–H groups in total. The van der Waals surface area contributed by atoms with Gasteiger partial charge in [-0.15, -0.1) is 0 Å². The number of piperidine rings is 1. The molecule has 0 aromatic rings. The van der Waals surface area contributed by atoms with Crippen LogP contribution in [-0.2, 0) is 9.53 Å². The van der Waals surface area contributed by atoms with Crippen LogP contribution in [0.4, 0.5) is 0 Å². The van der Waals surface area contributed by atoms with Crippen molar-refractivity contribution in [2.75, 3.05) is 39.3 Å². The van der Waals surface area contributed by atoms with Crippen LogP contribution >= 0.6 is 0 Å². The van der Waals surface area contributed by atoms with Gasteiger partial charge in [0.1, 0.15) is 0 Å². The average molecular weight is 270 g/mol. The molecule has 1 aliphatic heterocycles. The van der Waals surface area contributed by atoms with Crippen LogP contribution in [0.15, 0.2) is 0 Å². The van der Waals surface area contributed by atoms with E-state index in [1.165, 1.54) is 38.9 Å². The zero-order valence-electron chi connectivity index (χ0n) is 12.5. The lowest BCUT2D eigenvalue weighted by Crippen LogP contribution is -2.36. The maximum absolute atomic E-state index is 11.1. The summed E-state index contributed by atoms with van der Waals surface area (Å²) in [5.74, 6) is -0.0550. The van der Waals surface area contributed by atoms with Crippen molar-refractivity contribution in [1.82, 2.24) is 10.2 Å². The Morgan fingerprint density at radius 2 is 1.89 bits per heavy atom. The second kappa shape index (κ2) is 11.2. The van der Waals surface area contributed by atoms with Crippen molar-refractivity contribution < 1.29 is 9.53 Å². The number of hydrogen-bond donors (Lipinski definition) is 1. The normalized spacial score (nSPS) is 16.5. The Hall–Kier alpha value is -0.610. The molecular weight excluding hydrogens is 240 g/mol. The van der Waals surface area contributed by atoms with Crippen LogP contribution in [0.2, 0.25) is 0 Å². The van der Waals surface area contributed by atoms with Gasteiger partial charge >= 0.3 is 5.97 Å². The number of ether oxygens (including phenoxy) is 1. The lowest BCUT2D eigenvalue weighted by atomic mass is 10.1. The highest BCUT2D eigenvalue weighted by Gasteiger charge is 2.08. The zero-order valence-corrected chi connectivity index (χ0v) is 12.5. The number of unbranched alkanes of at least 4 members (excludes halogenated alkanes) is 2. The average Bonchev–Trinajstić information content (AvgIpc) is 2.43. The van der Waals surface area contributed by atoms with Gasteiger partial charge in [-0.25, -0.2) is 0 Å². The van der Waals surface area contributed by atoms with Crippen LogP contribution in [0.5, 0.6) is 0 Å². The lowest BCUT2D eigenvalue weighted by Gasteiger charge is -2.26. The Bertz CT molecular complexity index is 228. The van der Waals surface area contributed by atoms with Gasteiger partial charge in [0, 0.05) is 19.5 Å². The molecule has 0 radical (unpaired) electrons. The summed E-state index contributed by atoms with van der Waals surface area (Å²) in [6, 6.07) is 0. The van der Waals surface area contributed by atoms with Crippen LogP contribution in [-0.4, -0.2) is 50.2 Å². The smallest absolute Gasteiger partial charge is 0.305 e. The van der Waals surface area contributed by atoms with Gasteiger partial charge in [0.15, 0.2) is 0 Å². The third-order valence-electron chi connectivity index (χ3n) is 3.59. The Balaban J connectivity index is 1.79. The molecule has 1 heterocycles. The minimum atomic E-state index is -0.0550. The van der Waals surface area contributed by atoms with E-state index < -0.39 is 0 Å². The van der Waals surface area contributed by atoms with E-state index in [4.69, 9.17) is 4.74 Å². The molecule has 112 valence electrons. The molecule has 0 aliphatic carbocycles. The fourth-order valence-electron chi connectivity index (χ4n) is 2.47. The highest BCUT2D eigenvalue weighted by molar-refractivity contribution is 5.69. The Morgan fingerprint density at radius 1 is 1.11 bits per heavy atom. The Kier molecular flexibility index (Phi) is 9.72. The number of carbonyl (C=O) groups is 1. The number of nitrogens with one attached hydrogen (secondary N) is 1. The number of rotatable bonds is 10. The fourth-order valence-corrected chi connectivity index (χ4v) is 2.47. The van der Waals surface area contributed by atoms with E-state index in [2.05, 4.69) is 10.2 Å². The molecule has 0 atom stereocenters. The third-order valence-corrected chi connectivity index (χ3v) is 3.59. The van der Waals surface area contributed by atoms with Gasteiger partial charge in [0.25, 0.3) is 0 Å². The van der Waals surface area contributed by atoms with E-state index >= 15 is 0 Å². The van der Waals surface area contributed by atoms with Crippen molar-refractivity contribution in [1.29, 1.82) is 0 Å². The molecule has 4 heteroatoms. The second-order valence-corrected chi connectivity index (χ2v) is 5.27. The van der Waals surface area contributed by atoms with Crippen LogP contribution in [0.3, 0.4) is 0 Å². The molecule has 0 unspecified atom stereocenters. The summed E-state index contributed by atoms with van der Waals surface area (Å²) < 4.78 is 4.89. The first kappa shape index (κ1) is 16.4. The van der Waals surface area contributed by atoms with Crippen molar-refractivity contribution in [3.63, 3.8) is 0 Å². The van der Waals surface area contributed by atoms with Crippen molar-refractivity contribution in [3.8, 4) is 0 Å². The molecule has 1 fully saturated rings. The molecule has 0 spiro atoms. The van der Waals surface area contributed by atoms with Gasteiger partial charge in [0.2, 0.25) is 0 Å². The summed E-state index contributed by atoms with van der Waals surface area (Å²) >= 11 is 0. The van der Waals surface area contributed by atoms with E-state index in [1.54, 1.807) is 0 Å². The molecule has 0 bridgehead atoms. The number of likely N-dealkylation sites (tertiary alicyclic amines) is 1. The second-order valence-electron chi connectivity index (χ2n) is 5.27. The summed E-state index contributed by atoms with van der Waals surface area (Å²) in [5.41, 5.74) is 0. The first-order valence-electron chi connectivity index (χ1n) is 7.91. The van der Waals surface area contributed by atoms with Gasteiger partial charge in [-0.3, -0.25) is 4.79 Å². The minimum absolute atomic E-state index is 0.0550. The van der Waals surface area contributed by atoms with Gasteiger partial charge in [-0.1, -0.05) is 12.8 Å². The summed E-state index contributed by atoms with van der Waals surface area (Å²) in [5, 5.41) is 3.49. The van der Waals surface area contributed by atoms with Crippen LogP contribution in [0.25, 0.3) is 0 Å². The predicted molar refractivity (Wildman–Crippen MR) is 78.3 cm³/mol. The number of nitrogens with zero attached hydrogens (tertiary/aromatic N) is 1. The third kappa shape index (κ3) is 9.00. The Labute approximate surface area is 117 Å². The molecular formula is C15H30N2O2. The van der Waals surface area contributed by atoms with Crippen LogP contribution in [0, 0.1) is 0 Å². The zero-order chi connectivity index (χ0) is 13.8. The maximum atomic E-state index is 11.1. The van der Waals surface area contributed by atoms with E-state index in [0.29, 0.717) is 13.0 Å². The van der Waals surface area contributed by atoms with Crippen LogP contribution < -0.4 is 5.32 Å². The summed E-state index contributed by atoms with van der Waals surface area (Å²) in [6.45, 7) is 8.25. The maximum Gasteiger partial charge on any atom is 0.305 e. The van der Waals surface area contributed by atoms with Crippen molar-refractivity contribution in [2.45, 2.75) is 51.9 Å². The molecule has 4 nitrogen and oxygen atoms in total. The molecule has 19 heavy (non-hydrogen) atoms. The molecule has 1 rings (SSSR count). The summed E-state index contributed by atoms with van der Waals surface area (Å²) in [6.07, 6.45) is 7.93. The topological polar surface area (TPSA) is 41.6 Å². The summed E-state index contributed by atoms with van der Waals surface area (Å²) in [4.78, 5) is 13.7. The Morgan fingerprint density at radius 3 is 2.63 bits per heavy atom. The van der Waals surface area contributed by atoms with Crippen LogP contribution in [0.1, 0.15) is 51.9 Å². The first-order chi connectivity index (χ1) is 9.33. The summed E-state index contributed by atoms with van der Waals surface area (Å²) in [7, 11) is 0. The van der Waals surface area contributed by atoms with Crippen molar-refractivity contribution in [2.24, 2.45) is 0 Å². The fraction of sp³-hybridized carbons (Fsp3) is 0.933. The van der Waals surface area contributed by atoms with Crippen molar-refractivity contribution >= 4 is 5.97 Å². The quantitative estimate of drug-likeness (QED) is 0.488. The molecule has 1 aliphatic rings. The van der Waals surface area contributed by atoms with Gasteiger partial charge < -0.3 is 15.0 Å². The number of esters is 1. The molecule has 0 aromatic carbocycles. The van der Waals surface area contributed by atoms with E-state index in [9.17, 15) is 4.79 Å². The number of hydrogen-bond acceptors (Lipinski definition) is 4. The minimum Gasteiger partial charge on any atom is -0.466 e. The monoisotopic (exact) mass is 270 g/mol. The molecule has 0 aromatic heterocycles. The highest BCUT2D eigenvalue weighted by atomic mass is 16.5.